The van der Waals surface area contributed by atoms with Crippen molar-refractivity contribution >= 4 is 15.9 Å². The average Bonchev–Trinajstić information content (AvgIpc) is 3.18. The number of sulfonamides is 1. The van der Waals surface area contributed by atoms with Gasteiger partial charge in [-0.25, -0.2) is 8.42 Å². The van der Waals surface area contributed by atoms with Gasteiger partial charge in [-0.05, 0) is 25.0 Å². The lowest BCUT2D eigenvalue weighted by Gasteiger charge is -2.33. The maximum Gasteiger partial charge on any atom is 0.248 e. The Balaban J connectivity index is 1.20. The van der Waals surface area contributed by atoms with Crippen LogP contribution >= 0.6 is 0 Å². The van der Waals surface area contributed by atoms with E-state index in [4.69, 9.17) is 9.26 Å². The number of morpholine rings is 1. The van der Waals surface area contributed by atoms with Crippen molar-refractivity contribution in [1.82, 2.24) is 24.6 Å². The van der Waals surface area contributed by atoms with Crippen LogP contribution < -0.4 is 5.32 Å². The Morgan fingerprint density at radius 2 is 1.62 bits per heavy atom. The third kappa shape index (κ3) is 6.02. The van der Waals surface area contributed by atoms with E-state index in [0.29, 0.717) is 44.2 Å². The number of ether oxygens (including phenoxy) is 1. The summed E-state index contributed by atoms with van der Waals surface area (Å²) < 4.78 is 37.7. The van der Waals surface area contributed by atoms with Gasteiger partial charge in [-0.1, -0.05) is 29.4 Å². The fraction of sp³-hybridized carbons (Fsp3) is 0.565. The van der Waals surface area contributed by atoms with E-state index in [1.54, 1.807) is 13.8 Å². The zero-order valence-corrected chi connectivity index (χ0v) is 20.6. The fourth-order valence-corrected chi connectivity index (χ4v) is 6.05. The SMILES string of the molecule is Cc1noc(C)c1S(=O)(=O)N1CCN(CC(=O)NCc2ccc(CN3CCOCC3)cc2)CC1. The third-order valence-electron chi connectivity index (χ3n) is 6.29. The second kappa shape index (κ2) is 11.0. The predicted octanol–water partition coefficient (Wildman–Crippen LogP) is 0.746. The number of benzene rings is 1. The third-order valence-corrected chi connectivity index (χ3v) is 8.43. The van der Waals surface area contributed by atoms with Crippen molar-refractivity contribution in [3.8, 4) is 0 Å². The van der Waals surface area contributed by atoms with Crippen LogP contribution in [0.3, 0.4) is 0 Å². The number of hydrogen-bond acceptors (Lipinski definition) is 8. The molecule has 2 aromatic rings. The van der Waals surface area contributed by atoms with Crippen LogP contribution in [0.15, 0.2) is 33.7 Å². The van der Waals surface area contributed by atoms with Gasteiger partial charge in [0.05, 0.1) is 19.8 Å². The minimum absolute atomic E-state index is 0.0700. The normalized spacial score (nSPS) is 18.8. The van der Waals surface area contributed by atoms with Crippen molar-refractivity contribution in [2.24, 2.45) is 0 Å². The molecule has 1 amide bonds. The van der Waals surface area contributed by atoms with Crippen LogP contribution in [0.1, 0.15) is 22.6 Å². The van der Waals surface area contributed by atoms with E-state index in [-0.39, 0.29) is 17.3 Å². The molecule has 0 saturated carbocycles. The molecule has 0 spiro atoms. The number of carbonyl (C=O) groups is 1. The number of rotatable bonds is 8. The van der Waals surface area contributed by atoms with Crippen LogP contribution in [-0.2, 0) is 32.6 Å². The first-order chi connectivity index (χ1) is 16.3. The minimum Gasteiger partial charge on any atom is -0.379 e. The van der Waals surface area contributed by atoms with E-state index < -0.39 is 10.0 Å². The van der Waals surface area contributed by atoms with Gasteiger partial charge in [0.15, 0.2) is 5.76 Å². The maximum atomic E-state index is 12.9. The highest BCUT2D eigenvalue weighted by molar-refractivity contribution is 7.89. The van der Waals surface area contributed by atoms with Crippen LogP contribution in [0.5, 0.6) is 0 Å². The average molecular weight is 492 g/mol. The lowest BCUT2D eigenvalue weighted by atomic mass is 10.1. The zero-order chi connectivity index (χ0) is 24.1. The van der Waals surface area contributed by atoms with E-state index in [1.807, 2.05) is 17.0 Å². The van der Waals surface area contributed by atoms with Crippen LogP contribution in [0.25, 0.3) is 0 Å². The molecule has 3 heterocycles. The van der Waals surface area contributed by atoms with Gasteiger partial charge in [0.25, 0.3) is 0 Å². The van der Waals surface area contributed by atoms with Crippen molar-refractivity contribution in [2.75, 3.05) is 59.0 Å². The second-order valence-electron chi connectivity index (χ2n) is 8.82. The Hall–Kier alpha value is -2.31. The fourth-order valence-electron chi connectivity index (χ4n) is 4.34. The Morgan fingerprint density at radius 1 is 0.971 bits per heavy atom. The number of aryl methyl sites for hydroxylation is 2. The molecule has 0 radical (unpaired) electrons. The molecular weight excluding hydrogens is 458 g/mol. The quantitative estimate of drug-likeness (QED) is 0.576. The Bertz CT molecular complexity index is 1050. The summed E-state index contributed by atoms with van der Waals surface area (Å²) in [6, 6.07) is 8.31. The highest BCUT2D eigenvalue weighted by Crippen LogP contribution is 2.24. The van der Waals surface area contributed by atoms with Crippen LogP contribution in [-0.4, -0.2) is 92.6 Å². The van der Waals surface area contributed by atoms with Crippen molar-refractivity contribution in [3.05, 3.63) is 46.8 Å². The zero-order valence-electron chi connectivity index (χ0n) is 19.8. The predicted molar refractivity (Wildman–Crippen MR) is 126 cm³/mol. The van der Waals surface area contributed by atoms with Crippen LogP contribution in [0.2, 0.25) is 0 Å². The van der Waals surface area contributed by atoms with E-state index >= 15 is 0 Å². The van der Waals surface area contributed by atoms with Gasteiger partial charge in [-0.3, -0.25) is 14.6 Å². The molecule has 0 unspecified atom stereocenters. The van der Waals surface area contributed by atoms with E-state index in [1.165, 1.54) is 9.87 Å². The smallest absolute Gasteiger partial charge is 0.248 e. The molecule has 1 N–H and O–H groups in total. The first kappa shape index (κ1) is 24.8. The molecule has 2 aliphatic rings. The molecule has 11 heteroatoms. The summed E-state index contributed by atoms with van der Waals surface area (Å²) in [6.07, 6.45) is 0. The number of piperazine rings is 1. The molecule has 0 aliphatic carbocycles. The minimum atomic E-state index is -3.65. The molecule has 1 aromatic heterocycles. The van der Waals surface area contributed by atoms with Gasteiger partial charge in [0.2, 0.25) is 15.9 Å². The number of carbonyl (C=O) groups excluding carboxylic acids is 1. The largest absolute Gasteiger partial charge is 0.379 e. The van der Waals surface area contributed by atoms with Crippen molar-refractivity contribution in [3.63, 3.8) is 0 Å². The molecule has 2 aliphatic heterocycles. The molecule has 4 rings (SSSR count). The monoisotopic (exact) mass is 491 g/mol. The number of nitrogens with zero attached hydrogens (tertiary/aromatic N) is 4. The summed E-state index contributed by atoms with van der Waals surface area (Å²) in [5.74, 6) is 0.229. The summed E-state index contributed by atoms with van der Waals surface area (Å²) in [6.45, 7) is 9.97. The number of amides is 1. The Labute approximate surface area is 200 Å². The summed E-state index contributed by atoms with van der Waals surface area (Å²) in [7, 11) is -3.65. The first-order valence-corrected chi connectivity index (χ1v) is 13.1. The van der Waals surface area contributed by atoms with Crippen molar-refractivity contribution in [1.29, 1.82) is 0 Å². The number of aromatic nitrogens is 1. The van der Waals surface area contributed by atoms with Gasteiger partial charge in [0, 0.05) is 52.4 Å². The standard InChI is InChI=1S/C23H33N5O5S/c1-18-23(19(2)33-25-18)34(30,31)28-9-7-26(8-10-28)17-22(29)24-15-20-3-5-21(6-4-20)16-27-11-13-32-14-12-27/h3-6H,7-17H2,1-2H3,(H,24,29). The Morgan fingerprint density at radius 3 is 2.24 bits per heavy atom. The lowest BCUT2D eigenvalue weighted by molar-refractivity contribution is -0.122. The van der Waals surface area contributed by atoms with Gasteiger partial charge in [0.1, 0.15) is 10.6 Å². The van der Waals surface area contributed by atoms with Crippen molar-refractivity contribution in [2.45, 2.75) is 31.8 Å². The molecule has 34 heavy (non-hydrogen) atoms. The molecule has 2 saturated heterocycles. The first-order valence-electron chi connectivity index (χ1n) is 11.6. The van der Waals surface area contributed by atoms with E-state index in [0.717, 1.165) is 38.4 Å². The molecular formula is C23H33N5O5S. The van der Waals surface area contributed by atoms with Gasteiger partial charge >= 0.3 is 0 Å². The molecule has 10 nitrogen and oxygen atoms in total. The van der Waals surface area contributed by atoms with Crippen LogP contribution in [0.4, 0.5) is 0 Å². The van der Waals surface area contributed by atoms with Gasteiger partial charge < -0.3 is 14.6 Å². The number of hydrogen-bond donors (Lipinski definition) is 1. The summed E-state index contributed by atoms with van der Waals surface area (Å²) >= 11 is 0. The molecule has 186 valence electrons. The Kier molecular flexibility index (Phi) is 7.99. The van der Waals surface area contributed by atoms with Gasteiger partial charge in [-0.15, -0.1) is 0 Å². The van der Waals surface area contributed by atoms with E-state index in [2.05, 4.69) is 27.5 Å². The summed E-state index contributed by atoms with van der Waals surface area (Å²) in [5.41, 5.74) is 2.67. The number of nitrogens with one attached hydrogen (secondary N) is 1. The molecule has 0 bridgehead atoms. The van der Waals surface area contributed by atoms with E-state index in [9.17, 15) is 13.2 Å². The summed E-state index contributed by atoms with van der Waals surface area (Å²) in [4.78, 5) is 16.9. The van der Waals surface area contributed by atoms with Crippen molar-refractivity contribution < 1.29 is 22.5 Å². The highest BCUT2D eigenvalue weighted by atomic mass is 32.2. The molecule has 1 aromatic carbocycles. The highest BCUT2D eigenvalue weighted by Gasteiger charge is 2.33. The maximum absolute atomic E-state index is 12.9. The second-order valence-corrected chi connectivity index (χ2v) is 10.7. The molecule has 2 fully saturated rings. The van der Waals surface area contributed by atoms with Gasteiger partial charge in [-0.2, -0.15) is 4.31 Å². The topological polar surface area (TPSA) is 108 Å². The lowest BCUT2D eigenvalue weighted by Crippen LogP contribution is -2.51. The summed E-state index contributed by atoms with van der Waals surface area (Å²) in [5, 5.41) is 6.72. The van der Waals surface area contributed by atoms with Crippen LogP contribution in [0, 0.1) is 13.8 Å². The molecule has 0 atom stereocenters.